The molecule has 0 aromatic heterocycles. The van der Waals surface area contributed by atoms with Gasteiger partial charge in [0.05, 0.1) is 39.9 Å². The average Bonchev–Trinajstić information content (AvgIpc) is 3.28. The third kappa shape index (κ3) is 50.3. The molecule has 0 bridgehead atoms. The summed E-state index contributed by atoms with van der Waals surface area (Å²) in [5.41, 5.74) is 0. The third-order valence-electron chi connectivity index (χ3n) is 12.5. The summed E-state index contributed by atoms with van der Waals surface area (Å²) in [6, 6.07) is -0.859. The van der Waals surface area contributed by atoms with E-state index < -0.39 is 20.0 Å². The van der Waals surface area contributed by atoms with Gasteiger partial charge in [-0.3, -0.25) is 13.8 Å². The van der Waals surface area contributed by atoms with Crippen molar-refractivity contribution in [3.8, 4) is 0 Å². The molecule has 3 atom stereocenters. The normalized spacial score (nSPS) is 14.3. The lowest BCUT2D eigenvalue weighted by atomic mass is 10.0. The number of nitrogens with zero attached hydrogens (tertiary/aromatic N) is 1. The van der Waals surface area contributed by atoms with Gasteiger partial charge in [0.1, 0.15) is 13.2 Å². The number of allylic oxidation sites excluding steroid dienone is 7. The topological polar surface area (TPSA) is 105 Å². The van der Waals surface area contributed by atoms with Gasteiger partial charge in [0.2, 0.25) is 5.91 Å². The number of nitrogens with one attached hydrogen (secondary N) is 1. The first-order valence-corrected chi connectivity index (χ1v) is 29.5. The molecule has 0 heterocycles. The van der Waals surface area contributed by atoms with Gasteiger partial charge < -0.3 is 19.8 Å². The Kier molecular flexibility index (Phi) is 47.4. The number of quaternary nitrogens is 1. The highest BCUT2D eigenvalue weighted by molar-refractivity contribution is 7.47. The van der Waals surface area contributed by atoms with Gasteiger partial charge in [-0.1, -0.05) is 242 Å². The largest absolute Gasteiger partial charge is 0.472 e. The van der Waals surface area contributed by atoms with Crippen molar-refractivity contribution >= 4 is 13.7 Å². The van der Waals surface area contributed by atoms with Crippen LogP contribution in [0.2, 0.25) is 0 Å². The number of rotatable bonds is 51. The molecule has 3 unspecified atom stereocenters. The Labute approximate surface area is 409 Å². The van der Waals surface area contributed by atoms with Gasteiger partial charge in [0, 0.05) is 6.42 Å². The van der Waals surface area contributed by atoms with Gasteiger partial charge in [0.25, 0.3) is 0 Å². The molecule has 9 heteroatoms. The molecule has 0 aliphatic rings. The molecule has 8 nitrogen and oxygen atoms in total. The minimum Gasteiger partial charge on any atom is -0.387 e. The molecule has 0 aliphatic heterocycles. The second kappa shape index (κ2) is 48.5. The Bertz CT molecular complexity index is 1210. The molecular formula is C57H110N2O6P+. The minimum absolute atomic E-state index is 0.0562. The highest BCUT2D eigenvalue weighted by atomic mass is 31.2. The zero-order chi connectivity index (χ0) is 48.5. The van der Waals surface area contributed by atoms with Crippen LogP contribution in [0.15, 0.2) is 48.6 Å². The smallest absolute Gasteiger partial charge is 0.387 e. The van der Waals surface area contributed by atoms with Crippen molar-refractivity contribution in [2.24, 2.45) is 0 Å². The van der Waals surface area contributed by atoms with Crippen LogP contribution in [-0.2, 0) is 18.4 Å². The van der Waals surface area contributed by atoms with Gasteiger partial charge in [-0.2, -0.15) is 0 Å². The SMILES string of the molecule is CCC/C=C/CC/C=C/C(O)C(COP(=O)(O)OCC[N+](C)(C)C)NC(=O)CCCCCCCCCCCCCCCCCCCCCCCCCCC/C=C\C/C=C\CCCCCCC. The van der Waals surface area contributed by atoms with Crippen molar-refractivity contribution < 1.29 is 32.9 Å². The summed E-state index contributed by atoms with van der Waals surface area (Å²) < 4.78 is 23.5. The first-order chi connectivity index (χ1) is 32.0. The number of phosphoric acid groups is 1. The molecular weight excluding hydrogens is 840 g/mol. The number of hydrogen-bond acceptors (Lipinski definition) is 5. The predicted octanol–water partition coefficient (Wildman–Crippen LogP) is 16.8. The molecule has 0 fully saturated rings. The maximum atomic E-state index is 12.8. The molecule has 0 spiro atoms. The number of phosphoric ester groups is 1. The number of aliphatic hydroxyl groups is 1. The van der Waals surface area contributed by atoms with E-state index in [1.165, 1.54) is 186 Å². The second-order valence-electron chi connectivity index (χ2n) is 20.3. The van der Waals surface area contributed by atoms with Crippen LogP contribution in [0.3, 0.4) is 0 Å². The van der Waals surface area contributed by atoms with Crippen LogP contribution in [0.5, 0.6) is 0 Å². The van der Waals surface area contributed by atoms with E-state index in [-0.39, 0.29) is 19.1 Å². The van der Waals surface area contributed by atoms with Crippen molar-refractivity contribution in [2.45, 2.75) is 270 Å². The van der Waals surface area contributed by atoms with Gasteiger partial charge in [-0.05, 0) is 57.8 Å². The highest BCUT2D eigenvalue weighted by Gasteiger charge is 2.27. The van der Waals surface area contributed by atoms with E-state index in [4.69, 9.17) is 9.05 Å². The standard InChI is InChI=1S/C57H109N2O6P/c1-6-8-10-12-14-15-16-17-18-19-20-21-22-23-24-25-26-27-28-29-30-31-32-33-34-35-36-37-38-39-40-41-42-43-45-47-49-51-57(61)58-55(56(60)50-48-46-44-13-11-9-7-2)54-65-66(62,63)64-53-52-59(3,4)5/h11,13,16-17,19-20,48,50,55-56,60H,6-10,12,14-15,18,21-47,49,51-54H2,1-5H3,(H-,58,61,62,63)/p+1/b13-11+,17-16-,20-19-,50-48+. The molecule has 1 amide bonds. The predicted molar refractivity (Wildman–Crippen MR) is 286 cm³/mol. The number of carbonyl (C=O) groups is 1. The van der Waals surface area contributed by atoms with E-state index in [1.807, 2.05) is 27.2 Å². The molecule has 0 saturated carbocycles. The first kappa shape index (κ1) is 64.5. The van der Waals surface area contributed by atoms with Crippen LogP contribution in [0.25, 0.3) is 0 Å². The summed E-state index contributed by atoms with van der Waals surface area (Å²) in [5, 5.41) is 13.7. The maximum Gasteiger partial charge on any atom is 0.472 e. The number of amides is 1. The Balaban J connectivity index is 3.77. The third-order valence-corrected chi connectivity index (χ3v) is 13.5. The lowest BCUT2D eigenvalue weighted by Crippen LogP contribution is -2.45. The fraction of sp³-hybridized carbons (Fsp3) is 0.842. The summed E-state index contributed by atoms with van der Waals surface area (Å²) in [4.78, 5) is 23.1. The van der Waals surface area contributed by atoms with Crippen LogP contribution in [-0.4, -0.2) is 73.4 Å². The van der Waals surface area contributed by atoms with E-state index in [0.29, 0.717) is 17.4 Å². The average molecular weight is 950 g/mol. The summed E-state index contributed by atoms with van der Waals surface area (Å²) in [6.07, 6.45) is 64.2. The van der Waals surface area contributed by atoms with Crippen LogP contribution >= 0.6 is 7.82 Å². The van der Waals surface area contributed by atoms with Gasteiger partial charge in [0.15, 0.2) is 0 Å². The van der Waals surface area contributed by atoms with Gasteiger partial charge in [-0.25, -0.2) is 4.57 Å². The monoisotopic (exact) mass is 950 g/mol. The van der Waals surface area contributed by atoms with E-state index in [0.717, 1.165) is 51.4 Å². The Hall–Kier alpha value is -1.54. The van der Waals surface area contributed by atoms with E-state index in [1.54, 1.807) is 6.08 Å². The summed E-state index contributed by atoms with van der Waals surface area (Å²) in [7, 11) is 1.56. The fourth-order valence-corrected chi connectivity index (χ4v) is 8.83. The number of likely N-dealkylation sites (N-methyl/N-ethyl adjacent to an activating group) is 1. The zero-order valence-corrected chi connectivity index (χ0v) is 45.1. The molecule has 0 aromatic rings. The Morgan fingerprint density at radius 3 is 1.35 bits per heavy atom. The van der Waals surface area contributed by atoms with Gasteiger partial charge in [-0.15, -0.1) is 0 Å². The van der Waals surface area contributed by atoms with Crippen LogP contribution < -0.4 is 5.32 Å². The minimum atomic E-state index is -4.34. The Morgan fingerprint density at radius 2 is 0.909 bits per heavy atom. The van der Waals surface area contributed by atoms with E-state index in [2.05, 4.69) is 55.6 Å². The molecule has 388 valence electrons. The fourth-order valence-electron chi connectivity index (χ4n) is 8.10. The van der Waals surface area contributed by atoms with Crippen molar-refractivity contribution in [3.05, 3.63) is 48.6 Å². The maximum absolute atomic E-state index is 12.8. The molecule has 0 aliphatic carbocycles. The number of aliphatic hydroxyl groups excluding tert-OH is 1. The molecule has 66 heavy (non-hydrogen) atoms. The lowest BCUT2D eigenvalue weighted by Gasteiger charge is -2.25. The van der Waals surface area contributed by atoms with Gasteiger partial charge >= 0.3 is 7.82 Å². The molecule has 0 saturated heterocycles. The molecule has 0 rings (SSSR count). The van der Waals surface area contributed by atoms with Crippen LogP contribution in [0.4, 0.5) is 0 Å². The lowest BCUT2D eigenvalue weighted by molar-refractivity contribution is -0.870. The van der Waals surface area contributed by atoms with Crippen molar-refractivity contribution in [1.29, 1.82) is 0 Å². The molecule has 3 N–H and O–H groups in total. The highest BCUT2D eigenvalue weighted by Crippen LogP contribution is 2.43. The number of hydrogen-bond donors (Lipinski definition) is 3. The zero-order valence-electron chi connectivity index (χ0n) is 44.2. The first-order valence-electron chi connectivity index (χ1n) is 28.0. The van der Waals surface area contributed by atoms with Crippen LogP contribution in [0.1, 0.15) is 258 Å². The van der Waals surface area contributed by atoms with Crippen molar-refractivity contribution in [3.63, 3.8) is 0 Å². The Morgan fingerprint density at radius 1 is 0.515 bits per heavy atom. The molecule has 0 aromatic carbocycles. The van der Waals surface area contributed by atoms with Crippen LogP contribution in [0, 0.1) is 0 Å². The summed E-state index contributed by atoms with van der Waals surface area (Å²) in [5.74, 6) is -0.189. The van der Waals surface area contributed by atoms with E-state index in [9.17, 15) is 19.4 Å². The van der Waals surface area contributed by atoms with E-state index >= 15 is 0 Å². The second-order valence-corrected chi connectivity index (χ2v) is 21.8. The summed E-state index contributed by atoms with van der Waals surface area (Å²) in [6.45, 7) is 4.68. The van der Waals surface area contributed by atoms with Crippen molar-refractivity contribution in [2.75, 3.05) is 40.9 Å². The van der Waals surface area contributed by atoms with Crippen molar-refractivity contribution in [1.82, 2.24) is 5.32 Å². The molecule has 0 radical (unpaired) electrons. The quantitative estimate of drug-likeness (QED) is 0.0243. The number of carbonyl (C=O) groups excluding carboxylic acids is 1. The summed E-state index contributed by atoms with van der Waals surface area (Å²) >= 11 is 0. The number of unbranched alkanes of at least 4 members (excludes halogenated alkanes) is 32.